The smallest absolute Gasteiger partial charge is 0.274 e. The molecule has 0 atom stereocenters. The minimum atomic E-state index is -0.255. The van der Waals surface area contributed by atoms with Gasteiger partial charge in [0.2, 0.25) is 0 Å². The molecular formula is C14H14Cl2N2O2. The highest BCUT2D eigenvalue weighted by Crippen LogP contribution is 2.28. The van der Waals surface area contributed by atoms with Crippen molar-refractivity contribution in [3.05, 3.63) is 45.7 Å². The zero-order valence-electron chi connectivity index (χ0n) is 11.1. The van der Waals surface area contributed by atoms with E-state index in [2.05, 4.69) is 4.98 Å². The number of aromatic nitrogens is 1. The highest BCUT2D eigenvalue weighted by Gasteiger charge is 2.20. The third-order valence-electron chi connectivity index (χ3n) is 3.00. The van der Waals surface area contributed by atoms with Gasteiger partial charge in [0, 0.05) is 12.6 Å². The number of phenolic OH excluding ortho intramolecular Hbond substituents is 1. The molecule has 2 N–H and O–H groups in total. The quantitative estimate of drug-likeness (QED) is 0.900. The Labute approximate surface area is 126 Å². The van der Waals surface area contributed by atoms with Gasteiger partial charge in [0.15, 0.2) is 0 Å². The number of carbonyl (C=O) groups is 1. The largest absolute Gasteiger partial charge is 0.508 e. The molecule has 2 aromatic rings. The molecule has 0 spiro atoms. The first-order valence-corrected chi connectivity index (χ1v) is 6.85. The molecule has 1 aromatic heterocycles. The highest BCUT2D eigenvalue weighted by molar-refractivity contribution is 6.41. The molecule has 0 bridgehead atoms. The van der Waals surface area contributed by atoms with Crippen molar-refractivity contribution in [2.75, 3.05) is 11.4 Å². The molecule has 4 nitrogen and oxygen atoms in total. The minimum absolute atomic E-state index is 0.111. The maximum Gasteiger partial charge on any atom is 0.274 e. The Bertz CT molecular complexity index is 633. The van der Waals surface area contributed by atoms with Crippen LogP contribution in [0.5, 0.6) is 5.75 Å². The van der Waals surface area contributed by atoms with E-state index >= 15 is 0 Å². The fraction of sp³-hybridized carbons (Fsp3) is 0.214. The van der Waals surface area contributed by atoms with Crippen LogP contribution in [-0.2, 0) is 0 Å². The standard InChI is InChI=1S/C14H14Cl2N2O2/c1-3-18(12-6-9(19)5-4-8(12)2)14(20)11-7-10(15)13(16)17-11/h4-7,17,19H,3H2,1-2H3. The lowest BCUT2D eigenvalue weighted by Crippen LogP contribution is -2.31. The number of rotatable bonds is 3. The van der Waals surface area contributed by atoms with E-state index < -0.39 is 0 Å². The summed E-state index contributed by atoms with van der Waals surface area (Å²) in [5.74, 6) is -0.144. The number of H-pyrrole nitrogens is 1. The van der Waals surface area contributed by atoms with Crippen molar-refractivity contribution in [2.45, 2.75) is 13.8 Å². The second kappa shape index (κ2) is 5.77. The van der Waals surface area contributed by atoms with Crippen LogP contribution in [0.25, 0.3) is 0 Å². The average molecular weight is 313 g/mol. The predicted octanol–water partition coefficient (Wildman–Crippen LogP) is 4.00. The fourth-order valence-electron chi connectivity index (χ4n) is 1.98. The maximum absolute atomic E-state index is 12.5. The Morgan fingerprint density at radius 3 is 2.60 bits per heavy atom. The van der Waals surface area contributed by atoms with E-state index in [1.165, 1.54) is 6.07 Å². The summed E-state index contributed by atoms with van der Waals surface area (Å²) in [5, 5.41) is 10.1. The summed E-state index contributed by atoms with van der Waals surface area (Å²) < 4.78 is 0. The molecule has 0 aliphatic rings. The van der Waals surface area contributed by atoms with E-state index in [-0.39, 0.29) is 16.8 Å². The summed E-state index contributed by atoms with van der Waals surface area (Å²) in [7, 11) is 0. The molecule has 0 saturated carbocycles. The monoisotopic (exact) mass is 312 g/mol. The van der Waals surface area contributed by atoms with Gasteiger partial charge in [-0.2, -0.15) is 0 Å². The molecule has 1 amide bonds. The summed E-state index contributed by atoms with van der Waals surface area (Å²) in [6.07, 6.45) is 0. The Kier molecular flexibility index (Phi) is 4.26. The zero-order chi connectivity index (χ0) is 14.9. The second-order valence-electron chi connectivity index (χ2n) is 4.37. The van der Waals surface area contributed by atoms with Crippen LogP contribution in [-0.4, -0.2) is 22.5 Å². The number of hydrogen-bond donors (Lipinski definition) is 2. The van der Waals surface area contributed by atoms with Gasteiger partial charge < -0.3 is 15.0 Å². The summed E-state index contributed by atoms with van der Waals surface area (Å²) in [6.45, 7) is 4.18. The number of aromatic hydroxyl groups is 1. The average Bonchev–Trinajstić information content (AvgIpc) is 2.74. The highest BCUT2D eigenvalue weighted by atomic mass is 35.5. The molecule has 106 valence electrons. The summed E-state index contributed by atoms with van der Waals surface area (Å²) >= 11 is 11.7. The number of aryl methyl sites for hydroxylation is 1. The number of anilines is 1. The van der Waals surface area contributed by atoms with E-state index in [1.807, 2.05) is 13.8 Å². The van der Waals surface area contributed by atoms with Crippen molar-refractivity contribution in [3.8, 4) is 5.75 Å². The van der Waals surface area contributed by atoms with Gasteiger partial charge in [0.25, 0.3) is 5.91 Å². The Morgan fingerprint density at radius 2 is 2.05 bits per heavy atom. The minimum Gasteiger partial charge on any atom is -0.508 e. The summed E-state index contributed by atoms with van der Waals surface area (Å²) in [4.78, 5) is 16.8. The third-order valence-corrected chi connectivity index (χ3v) is 3.69. The van der Waals surface area contributed by atoms with E-state index in [4.69, 9.17) is 23.2 Å². The lowest BCUT2D eigenvalue weighted by Gasteiger charge is -2.22. The second-order valence-corrected chi connectivity index (χ2v) is 5.15. The molecule has 0 radical (unpaired) electrons. The molecular weight excluding hydrogens is 299 g/mol. The van der Waals surface area contributed by atoms with Crippen LogP contribution in [0.1, 0.15) is 23.0 Å². The molecule has 0 aliphatic carbocycles. The first kappa shape index (κ1) is 14.8. The topological polar surface area (TPSA) is 56.3 Å². The molecule has 0 saturated heterocycles. The van der Waals surface area contributed by atoms with Crippen LogP contribution in [0.15, 0.2) is 24.3 Å². The van der Waals surface area contributed by atoms with E-state index in [0.29, 0.717) is 22.9 Å². The van der Waals surface area contributed by atoms with Gasteiger partial charge in [-0.1, -0.05) is 29.3 Å². The number of phenols is 1. The van der Waals surface area contributed by atoms with Gasteiger partial charge in [-0.05, 0) is 31.5 Å². The Morgan fingerprint density at radius 1 is 1.35 bits per heavy atom. The van der Waals surface area contributed by atoms with Crippen LogP contribution in [0.2, 0.25) is 10.2 Å². The van der Waals surface area contributed by atoms with E-state index in [1.54, 1.807) is 23.1 Å². The Hall–Kier alpha value is -1.65. The zero-order valence-corrected chi connectivity index (χ0v) is 12.6. The summed E-state index contributed by atoms with van der Waals surface area (Å²) in [6, 6.07) is 6.39. The number of aromatic amines is 1. The Balaban J connectivity index is 2.41. The molecule has 6 heteroatoms. The van der Waals surface area contributed by atoms with Crippen LogP contribution < -0.4 is 4.90 Å². The van der Waals surface area contributed by atoms with Crippen molar-refractivity contribution < 1.29 is 9.90 Å². The van der Waals surface area contributed by atoms with Crippen molar-refractivity contribution >= 4 is 34.8 Å². The van der Waals surface area contributed by atoms with Gasteiger partial charge in [-0.25, -0.2) is 0 Å². The molecule has 20 heavy (non-hydrogen) atoms. The van der Waals surface area contributed by atoms with Crippen molar-refractivity contribution in [1.82, 2.24) is 4.98 Å². The van der Waals surface area contributed by atoms with Gasteiger partial charge in [-0.15, -0.1) is 0 Å². The number of nitrogens with one attached hydrogen (secondary N) is 1. The van der Waals surface area contributed by atoms with E-state index in [0.717, 1.165) is 5.56 Å². The van der Waals surface area contributed by atoms with Gasteiger partial charge in [-0.3, -0.25) is 4.79 Å². The predicted molar refractivity (Wildman–Crippen MR) is 81.0 cm³/mol. The maximum atomic E-state index is 12.5. The molecule has 0 aliphatic heterocycles. The lowest BCUT2D eigenvalue weighted by molar-refractivity contribution is 0.0984. The number of benzene rings is 1. The van der Waals surface area contributed by atoms with Crippen LogP contribution in [0.4, 0.5) is 5.69 Å². The number of nitrogens with zero attached hydrogens (tertiary/aromatic N) is 1. The molecule has 1 heterocycles. The summed E-state index contributed by atoms with van der Waals surface area (Å²) in [5.41, 5.74) is 1.85. The first-order chi connectivity index (χ1) is 9.43. The van der Waals surface area contributed by atoms with Crippen LogP contribution in [0.3, 0.4) is 0 Å². The molecule has 0 fully saturated rings. The van der Waals surface area contributed by atoms with Gasteiger partial charge in [0.1, 0.15) is 16.6 Å². The van der Waals surface area contributed by atoms with Crippen molar-refractivity contribution in [2.24, 2.45) is 0 Å². The van der Waals surface area contributed by atoms with Crippen molar-refractivity contribution in [1.29, 1.82) is 0 Å². The number of amides is 1. The van der Waals surface area contributed by atoms with Gasteiger partial charge >= 0.3 is 0 Å². The molecule has 2 rings (SSSR count). The molecule has 1 aromatic carbocycles. The van der Waals surface area contributed by atoms with Crippen molar-refractivity contribution in [3.63, 3.8) is 0 Å². The number of hydrogen-bond acceptors (Lipinski definition) is 2. The lowest BCUT2D eigenvalue weighted by atomic mass is 10.1. The fourth-order valence-corrected chi connectivity index (χ4v) is 2.29. The third kappa shape index (κ3) is 2.76. The van der Waals surface area contributed by atoms with Crippen LogP contribution in [0, 0.1) is 6.92 Å². The normalized spacial score (nSPS) is 10.6. The molecule has 0 unspecified atom stereocenters. The first-order valence-electron chi connectivity index (χ1n) is 6.09. The van der Waals surface area contributed by atoms with E-state index in [9.17, 15) is 9.90 Å². The number of halogens is 2. The number of carbonyl (C=O) groups excluding carboxylic acids is 1. The van der Waals surface area contributed by atoms with Gasteiger partial charge in [0.05, 0.1) is 10.7 Å². The SMILES string of the molecule is CCN(C(=O)c1cc(Cl)c(Cl)[nH]1)c1cc(O)ccc1C. The van der Waals surface area contributed by atoms with Crippen LogP contribution >= 0.6 is 23.2 Å².